The normalized spacial score (nSPS) is 21.5. The van der Waals surface area contributed by atoms with E-state index < -0.39 is 26.1 Å². The molecule has 0 aliphatic carbocycles. The molecule has 1 aromatic carbocycles. The Balaban J connectivity index is 2.35. The summed E-state index contributed by atoms with van der Waals surface area (Å²) >= 11 is 0. The summed E-state index contributed by atoms with van der Waals surface area (Å²) in [5.41, 5.74) is 0.507. The largest absolute Gasteiger partial charge is 0.444 e. The van der Waals surface area contributed by atoms with Gasteiger partial charge in [-0.3, -0.25) is 4.90 Å². The Morgan fingerprint density at radius 1 is 1.13 bits per heavy atom. The third-order valence-corrected chi connectivity index (χ3v) is 10.9. The molecular formula is C25H41NO4Si. The molecule has 1 amide bonds. The topological polar surface area (TPSA) is 55.8 Å². The standard InChI is InChI=1S/C25H41NO4Si/c1-24(2,3)29-23(28)26-20(15-12-16-21(26)18-27)17-22(19-13-10-9-11-14-19)30-31(7,8)25(4,5)6/h9-11,13-14,18,20-22H,12,15-17H2,1-8H3/t20-,21+,22-/m0/s1. The first-order valence-electron chi connectivity index (χ1n) is 11.4. The molecule has 1 fully saturated rings. The Hall–Kier alpha value is -1.66. The van der Waals surface area contributed by atoms with Crippen molar-refractivity contribution < 1.29 is 18.8 Å². The number of aldehydes is 1. The molecule has 2 rings (SSSR count). The fraction of sp³-hybridized carbons (Fsp3) is 0.680. The van der Waals surface area contributed by atoms with Crippen molar-refractivity contribution in [3.63, 3.8) is 0 Å². The van der Waals surface area contributed by atoms with Crippen molar-refractivity contribution in [1.29, 1.82) is 0 Å². The van der Waals surface area contributed by atoms with Gasteiger partial charge in [0, 0.05) is 6.04 Å². The van der Waals surface area contributed by atoms with Crippen LogP contribution in [0.15, 0.2) is 30.3 Å². The van der Waals surface area contributed by atoms with Crippen LogP contribution in [0.3, 0.4) is 0 Å². The van der Waals surface area contributed by atoms with E-state index in [0.29, 0.717) is 12.8 Å². The summed E-state index contributed by atoms with van der Waals surface area (Å²) in [6, 6.07) is 9.69. The minimum atomic E-state index is -2.05. The van der Waals surface area contributed by atoms with Crippen LogP contribution in [0, 0.1) is 0 Å². The second-order valence-electron chi connectivity index (χ2n) is 11.2. The summed E-state index contributed by atoms with van der Waals surface area (Å²) in [5, 5.41) is 0.0722. The molecule has 1 aromatic rings. The van der Waals surface area contributed by atoms with Gasteiger partial charge in [0.15, 0.2) is 8.32 Å². The molecule has 31 heavy (non-hydrogen) atoms. The lowest BCUT2D eigenvalue weighted by Crippen LogP contribution is -2.53. The van der Waals surface area contributed by atoms with Gasteiger partial charge in [-0.05, 0) is 70.2 Å². The maximum Gasteiger partial charge on any atom is 0.411 e. The molecule has 1 aliphatic rings. The van der Waals surface area contributed by atoms with Gasteiger partial charge in [-0.1, -0.05) is 51.1 Å². The minimum absolute atomic E-state index is 0.0722. The predicted molar refractivity (Wildman–Crippen MR) is 128 cm³/mol. The smallest absolute Gasteiger partial charge is 0.411 e. The predicted octanol–water partition coefficient (Wildman–Crippen LogP) is 6.50. The number of ether oxygens (including phenoxy) is 1. The number of nitrogens with zero attached hydrogens (tertiary/aromatic N) is 1. The van der Waals surface area contributed by atoms with E-state index in [4.69, 9.17) is 9.16 Å². The maximum absolute atomic E-state index is 13.1. The van der Waals surface area contributed by atoms with Crippen molar-refractivity contribution in [1.82, 2.24) is 4.90 Å². The van der Waals surface area contributed by atoms with Gasteiger partial charge >= 0.3 is 6.09 Å². The van der Waals surface area contributed by atoms with Crippen LogP contribution in [-0.2, 0) is 14.0 Å². The highest BCUT2D eigenvalue weighted by atomic mass is 28.4. The van der Waals surface area contributed by atoms with Crippen LogP contribution in [0.4, 0.5) is 4.79 Å². The molecular weight excluding hydrogens is 406 g/mol. The summed E-state index contributed by atoms with van der Waals surface area (Å²) in [5.74, 6) is 0. The van der Waals surface area contributed by atoms with Gasteiger partial charge in [-0.15, -0.1) is 0 Å². The number of hydrogen-bond donors (Lipinski definition) is 0. The maximum atomic E-state index is 13.1. The first-order chi connectivity index (χ1) is 14.2. The number of amides is 1. The number of carbonyl (C=O) groups excluding carboxylic acids is 2. The van der Waals surface area contributed by atoms with Gasteiger partial charge < -0.3 is 14.0 Å². The van der Waals surface area contributed by atoms with Gasteiger partial charge in [-0.2, -0.15) is 0 Å². The number of benzene rings is 1. The molecule has 1 aliphatic heterocycles. The van der Waals surface area contributed by atoms with Crippen LogP contribution in [-0.4, -0.2) is 43.3 Å². The highest BCUT2D eigenvalue weighted by molar-refractivity contribution is 6.74. The van der Waals surface area contributed by atoms with Crippen LogP contribution in [0.2, 0.25) is 18.1 Å². The summed E-state index contributed by atoms with van der Waals surface area (Å²) in [6.45, 7) is 16.8. The first kappa shape index (κ1) is 25.6. The quantitative estimate of drug-likeness (QED) is 0.369. The van der Waals surface area contributed by atoms with Crippen molar-refractivity contribution in [2.45, 2.75) is 109 Å². The summed E-state index contributed by atoms with van der Waals surface area (Å²) in [4.78, 5) is 26.6. The summed E-state index contributed by atoms with van der Waals surface area (Å²) < 4.78 is 12.5. The van der Waals surface area contributed by atoms with Crippen molar-refractivity contribution in [3.05, 3.63) is 35.9 Å². The average molecular weight is 448 g/mol. The number of rotatable bonds is 6. The van der Waals surface area contributed by atoms with Gasteiger partial charge in [0.2, 0.25) is 0 Å². The molecule has 0 radical (unpaired) electrons. The Morgan fingerprint density at radius 3 is 2.26 bits per heavy atom. The van der Waals surface area contributed by atoms with Crippen molar-refractivity contribution >= 4 is 20.7 Å². The first-order valence-corrected chi connectivity index (χ1v) is 14.4. The zero-order valence-electron chi connectivity index (χ0n) is 20.6. The second-order valence-corrected chi connectivity index (χ2v) is 15.9. The van der Waals surface area contributed by atoms with E-state index in [1.807, 2.05) is 39.0 Å². The van der Waals surface area contributed by atoms with Gasteiger partial charge in [-0.25, -0.2) is 4.79 Å². The van der Waals surface area contributed by atoms with Crippen LogP contribution in [0.25, 0.3) is 0 Å². The van der Waals surface area contributed by atoms with Crippen LogP contribution in [0.1, 0.15) is 78.9 Å². The number of hydrogen-bond acceptors (Lipinski definition) is 4. The molecule has 1 saturated heterocycles. The van der Waals surface area contributed by atoms with Gasteiger partial charge in [0.25, 0.3) is 0 Å². The third-order valence-electron chi connectivity index (χ3n) is 6.45. The molecule has 0 unspecified atom stereocenters. The number of piperidine rings is 1. The minimum Gasteiger partial charge on any atom is -0.444 e. The number of likely N-dealkylation sites (tertiary alicyclic amines) is 1. The fourth-order valence-corrected chi connectivity index (χ4v) is 5.07. The molecule has 1 heterocycles. The van der Waals surface area contributed by atoms with Gasteiger partial charge in [0.1, 0.15) is 11.9 Å². The Morgan fingerprint density at radius 2 is 1.74 bits per heavy atom. The Kier molecular flexibility index (Phi) is 8.14. The molecule has 0 saturated carbocycles. The Bertz CT molecular complexity index is 736. The molecule has 0 N–H and O–H groups in total. The van der Waals surface area contributed by atoms with Gasteiger partial charge in [0.05, 0.1) is 12.1 Å². The third kappa shape index (κ3) is 6.91. The number of carbonyl (C=O) groups is 2. The van der Waals surface area contributed by atoms with Crippen molar-refractivity contribution in [3.8, 4) is 0 Å². The van der Waals surface area contributed by atoms with Crippen molar-refractivity contribution in [2.75, 3.05) is 0 Å². The molecule has 6 heteroatoms. The van der Waals surface area contributed by atoms with Crippen LogP contribution in [0.5, 0.6) is 0 Å². The summed E-state index contributed by atoms with van der Waals surface area (Å²) in [6.07, 6.45) is 3.43. The molecule has 5 nitrogen and oxygen atoms in total. The zero-order valence-corrected chi connectivity index (χ0v) is 21.6. The van der Waals surface area contributed by atoms with E-state index in [1.54, 1.807) is 4.90 Å². The van der Waals surface area contributed by atoms with Crippen LogP contribution >= 0.6 is 0 Å². The SMILES string of the molecule is CC(C)(C)OC(=O)N1[C@H](C[C@H](O[Si](C)(C)C(C)(C)C)c2ccccc2)CCC[C@@H]1C=O. The molecule has 174 valence electrons. The Labute approximate surface area is 189 Å². The highest BCUT2D eigenvalue weighted by Crippen LogP contribution is 2.42. The summed E-state index contributed by atoms with van der Waals surface area (Å²) in [7, 11) is -2.05. The van der Waals surface area contributed by atoms with E-state index in [0.717, 1.165) is 24.7 Å². The van der Waals surface area contributed by atoms with Crippen molar-refractivity contribution in [2.24, 2.45) is 0 Å². The van der Waals surface area contributed by atoms with E-state index in [-0.39, 0.29) is 17.2 Å². The molecule has 0 spiro atoms. The second kappa shape index (κ2) is 9.86. The fourth-order valence-electron chi connectivity index (χ4n) is 3.78. The van der Waals surface area contributed by atoms with E-state index in [9.17, 15) is 9.59 Å². The lowest BCUT2D eigenvalue weighted by molar-refractivity contribution is -0.115. The molecule has 3 atom stereocenters. The zero-order chi connectivity index (χ0) is 23.4. The highest BCUT2D eigenvalue weighted by Gasteiger charge is 2.42. The lowest BCUT2D eigenvalue weighted by atomic mass is 9.91. The monoisotopic (exact) mass is 447 g/mol. The molecule has 0 bridgehead atoms. The lowest BCUT2D eigenvalue weighted by Gasteiger charge is -2.44. The molecule has 0 aromatic heterocycles. The van der Waals surface area contributed by atoms with E-state index in [1.165, 1.54) is 0 Å². The van der Waals surface area contributed by atoms with Crippen LogP contribution < -0.4 is 0 Å². The average Bonchev–Trinajstić information content (AvgIpc) is 2.65. The van der Waals surface area contributed by atoms with E-state index in [2.05, 4.69) is 46.0 Å². The van der Waals surface area contributed by atoms with E-state index >= 15 is 0 Å².